The lowest BCUT2D eigenvalue weighted by Crippen LogP contribution is -2.61. The maximum absolute atomic E-state index is 15.1. The minimum Gasteiger partial charge on any atom is -0.370 e. The first kappa shape index (κ1) is 74.6. The lowest BCUT2D eigenvalue weighted by molar-refractivity contribution is -0.142. The zero-order chi connectivity index (χ0) is 68.4. The lowest BCUT2D eigenvalue weighted by atomic mass is 10.0. The number of amides is 9. The molecule has 29 nitrogen and oxygen atoms in total. The largest absolute Gasteiger partial charge is 0.370 e. The van der Waals surface area contributed by atoms with Crippen LogP contribution in [0.1, 0.15) is 92.9 Å². The van der Waals surface area contributed by atoms with Crippen LogP contribution in [0.5, 0.6) is 0 Å². The predicted octanol–water partition coefficient (Wildman–Crippen LogP) is -2.56. The molecule has 9 atom stereocenters. The van der Waals surface area contributed by atoms with E-state index in [2.05, 4.69) is 52.2 Å². The van der Waals surface area contributed by atoms with Crippen molar-refractivity contribution < 1.29 is 43.2 Å². The molecule has 4 aromatic rings. The molecule has 0 aliphatic carbocycles. The molecule has 1 aliphatic rings. The van der Waals surface area contributed by atoms with Gasteiger partial charge in [0.05, 0.1) is 6.04 Å². The van der Waals surface area contributed by atoms with E-state index in [0.717, 1.165) is 5.56 Å². The van der Waals surface area contributed by atoms with Crippen LogP contribution in [0.25, 0.3) is 0 Å². The van der Waals surface area contributed by atoms with Gasteiger partial charge in [0.25, 0.3) is 0 Å². The first-order valence-corrected chi connectivity index (χ1v) is 31.6. The van der Waals surface area contributed by atoms with Crippen molar-refractivity contribution in [3.8, 4) is 0 Å². The van der Waals surface area contributed by atoms with Crippen LogP contribution < -0.4 is 88.8 Å². The molecule has 4 aromatic carbocycles. The molecular formula is C65H94N20O9. The molecule has 1 aliphatic heterocycles. The molecule has 1 saturated heterocycles. The van der Waals surface area contributed by atoms with Crippen molar-refractivity contribution in [3.05, 3.63) is 144 Å². The summed E-state index contributed by atoms with van der Waals surface area (Å²) in [5.41, 5.74) is 53.9. The molecule has 0 spiro atoms. The van der Waals surface area contributed by atoms with Crippen molar-refractivity contribution in [1.29, 1.82) is 0 Å². The summed E-state index contributed by atoms with van der Waals surface area (Å²) in [6.07, 6.45) is 2.25. The molecule has 0 saturated carbocycles. The second-order valence-corrected chi connectivity index (χ2v) is 23.0. The summed E-state index contributed by atoms with van der Waals surface area (Å²) in [6.45, 7) is 0.721. The highest BCUT2D eigenvalue weighted by atomic mass is 16.2. The number of guanidine groups is 3. The van der Waals surface area contributed by atoms with Crippen molar-refractivity contribution in [2.24, 2.45) is 66.6 Å². The van der Waals surface area contributed by atoms with Crippen LogP contribution in [-0.2, 0) is 68.8 Å². The summed E-state index contributed by atoms with van der Waals surface area (Å²) in [7, 11) is 0. The van der Waals surface area contributed by atoms with Gasteiger partial charge in [0.15, 0.2) is 17.9 Å². The van der Waals surface area contributed by atoms with Gasteiger partial charge in [0, 0.05) is 45.4 Å². The Labute approximate surface area is 547 Å². The highest BCUT2D eigenvalue weighted by Crippen LogP contribution is 2.22. The zero-order valence-electron chi connectivity index (χ0n) is 53.0. The number of carbonyl (C=O) groups excluding carboxylic acids is 9. The molecule has 0 unspecified atom stereocenters. The number of nitrogens with two attached hydrogens (primary N) is 9. The molecule has 29 heteroatoms. The van der Waals surface area contributed by atoms with Gasteiger partial charge in [-0.2, -0.15) is 0 Å². The molecule has 1 heterocycles. The van der Waals surface area contributed by atoms with Crippen LogP contribution in [0.4, 0.5) is 0 Å². The van der Waals surface area contributed by atoms with E-state index in [4.69, 9.17) is 51.6 Å². The Bertz CT molecular complexity index is 3170. The highest BCUT2D eigenvalue weighted by Gasteiger charge is 2.41. The first-order valence-electron chi connectivity index (χ1n) is 31.6. The standard InChI is InChI=1S/C65H94N20O9/c66-32-14-13-27-47(57(89)82-50(38-42-21-7-2-8-22-42)59(91)81-49(30-17-35-77-65(73)74)56(88)78-46(54(68)86)28-15-33-75-63(69)70)80-60(92)51(39-43-23-9-3-10-24-43)83-61(93)53-31-18-36-85(53)62(94)52(40-44-25-11-4-12-26-44)84-58(90)48(29-16-34-76-64(71)72)79-55(87)45(67)37-41-19-5-1-6-20-41/h1-12,19-26,45-53H,13-18,27-40,66-67H2,(H2,68,86)(H,78,88)(H,79,87)(H,80,92)(H,81,91)(H,82,89)(H,83,93)(H,84,90)(H4,69,70,75)(H4,71,72,76)(H4,73,74,77)/t45-,46-,47-,48-,49-,50-,51-,52-,53-/m0/s1. The van der Waals surface area contributed by atoms with Gasteiger partial charge < -0.3 is 93.7 Å². The van der Waals surface area contributed by atoms with Gasteiger partial charge >= 0.3 is 0 Å². The fraction of sp³-hybridized carbons (Fsp3) is 0.446. The number of nitrogens with zero attached hydrogens (tertiary/aromatic N) is 4. The molecular weight excluding hydrogens is 1200 g/mol. The van der Waals surface area contributed by atoms with Gasteiger partial charge in [-0.1, -0.05) is 121 Å². The van der Waals surface area contributed by atoms with Gasteiger partial charge in [-0.15, -0.1) is 0 Å². The second kappa shape index (κ2) is 40.0. The fourth-order valence-electron chi connectivity index (χ4n) is 10.6. The van der Waals surface area contributed by atoms with E-state index in [1.807, 2.05) is 30.3 Å². The van der Waals surface area contributed by atoms with Crippen LogP contribution >= 0.6 is 0 Å². The SMILES string of the molecule is NCCCC[C@H](NC(=O)[C@H](Cc1ccccc1)NC(=O)[C@@H]1CCCN1C(=O)[C@H](Cc1ccccc1)NC(=O)[C@H](CCCN=C(N)N)NC(=O)[C@@H](N)Cc1ccccc1)C(=O)N[C@@H](Cc1ccccc1)C(=O)N[C@@H](CCCN=C(N)N)C(=O)N[C@@H](CCCN=C(N)N)C(N)=O. The summed E-state index contributed by atoms with van der Waals surface area (Å²) >= 11 is 0. The number of nitrogens with one attached hydrogen (secondary N) is 7. The molecule has 94 heavy (non-hydrogen) atoms. The molecule has 1 fully saturated rings. The summed E-state index contributed by atoms with van der Waals surface area (Å²) in [6, 6.07) is 24.5. The topological polar surface area (TPSA) is 512 Å². The van der Waals surface area contributed by atoms with E-state index >= 15 is 4.79 Å². The Morgan fingerprint density at radius 3 is 1.14 bits per heavy atom. The molecule has 5 rings (SSSR count). The Morgan fingerprint density at radius 2 is 0.734 bits per heavy atom. The number of carbonyl (C=O) groups is 9. The smallest absolute Gasteiger partial charge is 0.246 e. The van der Waals surface area contributed by atoms with Crippen molar-refractivity contribution >= 4 is 71.0 Å². The van der Waals surface area contributed by atoms with Gasteiger partial charge in [0.1, 0.15) is 48.3 Å². The lowest BCUT2D eigenvalue weighted by Gasteiger charge is -2.31. The zero-order valence-corrected chi connectivity index (χ0v) is 53.0. The Hall–Kier alpha value is -10.2. The average molecular weight is 1300 g/mol. The summed E-state index contributed by atoms with van der Waals surface area (Å²) < 4.78 is 0. The minimum absolute atomic E-state index is 0.00338. The maximum Gasteiger partial charge on any atom is 0.246 e. The summed E-state index contributed by atoms with van der Waals surface area (Å²) in [4.78, 5) is 142. The third kappa shape index (κ3) is 26.6. The minimum atomic E-state index is -1.37. The number of rotatable bonds is 40. The van der Waals surface area contributed by atoms with Crippen LogP contribution in [0.2, 0.25) is 0 Å². The second-order valence-electron chi connectivity index (χ2n) is 23.0. The number of aliphatic imine (C=N–C) groups is 3. The highest BCUT2D eigenvalue weighted by molar-refractivity contribution is 5.99. The number of hydrogen-bond acceptors (Lipinski definition) is 14. The summed E-state index contributed by atoms with van der Waals surface area (Å²) in [5.74, 6) is -7.05. The van der Waals surface area contributed by atoms with Gasteiger partial charge in [0.2, 0.25) is 53.2 Å². The van der Waals surface area contributed by atoms with Crippen molar-refractivity contribution in [2.45, 2.75) is 151 Å². The third-order valence-corrected chi connectivity index (χ3v) is 15.5. The number of benzene rings is 4. The fourth-order valence-corrected chi connectivity index (χ4v) is 10.6. The van der Waals surface area contributed by atoms with Crippen molar-refractivity contribution in [3.63, 3.8) is 0 Å². The van der Waals surface area contributed by atoms with E-state index in [1.165, 1.54) is 4.90 Å². The first-order chi connectivity index (χ1) is 45.1. The Balaban J connectivity index is 1.41. The van der Waals surface area contributed by atoms with E-state index in [1.54, 1.807) is 91.0 Å². The molecule has 0 radical (unpaired) electrons. The van der Waals surface area contributed by atoms with Gasteiger partial charge in [-0.05, 0) is 106 Å². The van der Waals surface area contributed by atoms with E-state index in [0.29, 0.717) is 36.0 Å². The number of hydrogen-bond donors (Lipinski definition) is 16. The summed E-state index contributed by atoms with van der Waals surface area (Å²) in [5, 5.41) is 19.6. The number of likely N-dealkylation sites (tertiary alicyclic amines) is 1. The Kier molecular flexibility index (Phi) is 31.7. The van der Waals surface area contributed by atoms with Gasteiger partial charge in [-0.3, -0.25) is 58.1 Å². The van der Waals surface area contributed by atoms with Crippen molar-refractivity contribution in [2.75, 3.05) is 32.7 Å². The maximum atomic E-state index is 15.1. The molecule has 25 N–H and O–H groups in total. The number of primary amides is 1. The molecule has 0 aromatic heterocycles. The van der Waals surface area contributed by atoms with E-state index in [9.17, 15) is 38.4 Å². The van der Waals surface area contributed by atoms with Crippen LogP contribution in [-0.4, -0.2) is 163 Å². The van der Waals surface area contributed by atoms with Crippen molar-refractivity contribution in [1.82, 2.24) is 42.1 Å². The normalized spacial score (nSPS) is 15.1. The quantitative estimate of drug-likeness (QED) is 0.0124. The molecule has 508 valence electrons. The monoisotopic (exact) mass is 1300 g/mol. The number of unbranched alkanes of at least 4 members (excludes halogenated alkanes) is 1. The molecule has 0 bridgehead atoms. The Morgan fingerprint density at radius 1 is 0.404 bits per heavy atom. The molecule has 9 amide bonds. The van der Waals surface area contributed by atoms with Gasteiger partial charge in [-0.25, -0.2) is 0 Å². The van der Waals surface area contributed by atoms with E-state index < -0.39 is 108 Å². The third-order valence-electron chi connectivity index (χ3n) is 15.5. The van der Waals surface area contributed by atoms with Crippen LogP contribution in [0, 0.1) is 0 Å². The van der Waals surface area contributed by atoms with Crippen LogP contribution in [0.3, 0.4) is 0 Å². The van der Waals surface area contributed by atoms with E-state index in [-0.39, 0.29) is 128 Å². The predicted molar refractivity (Wildman–Crippen MR) is 359 cm³/mol. The average Bonchev–Trinajstić information content (AvgIpc) is 1.60. The van der Waals surface area contributed by atoms with Crippen LogP contribution in [0.15, 0.2) is 136 Å².